The van der Waals surface area contributed by atoms with Crippen molar-refractivity contribution < 1.29 is 37.8 Å². The lowest BCUT2D eigenvalue weighted by Crippen LogP contribution is -2.63. The second kappa shape index (κ2) is 11.4. The smallest absolute Gasteiger partial charge is 0.333 e. The fraction of sp³-hybridized carbons (Fsp3) is 0.429. The van der Waals surface area contributed by atoms with Crippen LogP contribution >= 0.6 is 0 Å². The number of rotatable bonds is 8. The molecule has 0 aliphatic carbocycles. The number of aryl methyl sites for hydroxylation is 1. The summed E-state index contributed by atoms with van der Waals surface area (Å²) in [7, 11) is 0. The highest BCUT2D eigenvalue weighted by Gasteiger charge is 2.42. The highest BCUT2D eigenvalue weighted by atomic mass is 19.2. The molecule has 1 amide bonds. The number of carboxylic acid groups (broad SMARTS) is 1. The van der Waals surface area contributed by atoms with Gasteiger partial charge in [0.25, 0.3) is 0 Å². The highest BCUT2D eigenvalue weighted by Crippen LogP contribution is 2.34. The predicted molar refractivity (Wildman–Crippen MR) is 135 cm³/mol. The van der Waals surface area contributed by atoms with Gasteiger partial charge in [-0.25, -0.2) is 13.6 Å². The van der Waals surface area contributed by atoms with Crippen molar-refractivity contribution in [3.8, 4) is 5.75 Å². The van der Waals surface area contributed by atoms with Gasteiger partial charge in [-0.3, -0.25) is 4.79 Å². The normalized spacial score (nSPS) is 23.3. The molecule has 0 aromatic heterocycles. The van der Waals surface area contributed by atoms with Crippen molar-refractivity contribution in [3.05, 3.63) is 70.5 Å². The molecule has 3 aliphatic rings. The molecule has 1 unspecified atom stereocenters. The Labute approximate surface area is 223 Å². The molecule has 0 radical (unpaired) electrons. The van der Waals surface area contributed by atoms with Crippen molar-refractivity contribution in [1.82, 2.24) is 15.3 Å². The van der Waals surface area contributed by atoms with Crippen LogP contribution in [0.2, 0.25) is 0 Å². The standard InChI is InChI=1S/C28H30F3N3O5/c29-20-9-10-21(30)26(25(20)31)39-12-2-3-16-5-7-17(8-6-16)19-13-18-14-33(15-22(32-18)24(19)28(36)37)27(35)23-4-1-11-34(23)38/h5-10,18,22-23,32,38H,1-4,11-15H2,(H,36,37)/t18-,22-,23?/m0/s1. The molecule has 2 saturated heterocycles. The van der Waals surface area contributed by atoms with Gasteiger partial charge in [0.1, 0.15) is 6.04 Å². The SMILES string of the molecule is O=C(O)C1=C(c2ccc(CCCOc3c(F)ccc(F)c3F)cc2)C[C@H]2CN(C(=O)C3CCCN3O)C[C@@H]1N2. The number of amides is 1. The topological polar surface area (TPSA) is 102 Å². The van der Waals surface area contributed by atoms with E-state index in [1.165, 1.54) is 0 Å². The number of hydrogen-bond donors (Lipinski definition) is 3. The largest absolute Gasteiger partial charge is 0.488 e. The maximum atomic E-state index is 13.7. The third kappa shape index (κ3) is 5.66. The molecule has 2 bridgehead atoms. The van der Waals surface area contributed by atoms with E-state index in [0.29, 0.717) is 44.8 Å². The van der Waals surface area contributed by atoms with E-state index in [-0.39, 0.29) is 30.7 Å². The average Bonchev–Trinajstić information content (AvgIpc) is 3.35. The van der Waals surface area contributed by atoms with E-state index in [2.05, 4.69) is 5.32 Å². The molecule has 2 fully saturated rings. The molecule has 5 rings (SSSR count). The number of carbonyl (C=O) groups excluding carboxylic acids is 1. The molecule has 3 atom stereocenters. The van der Waals surface area contributed by atoms with Crippen molar-refractivity contribution in [2.75, 3.05) is 26.2 Å². The van der Waals surface area contributed by atoms with E-state index in [4.69, 9.17) is 4.74 Å². The van der Waals surface area contributed by atoms with Gasteiger partial charge in [-0.1, -0.05) is 24.3 Å². The minimum atomic E-state index is -1.35. The average molecular weight is 546 g/mol. The van der Waals surface area contributed by atoms with E-state index < -0.39 is 41.3 Å². The molecule has 2 aromatic rings. The Hall–Kier alpha value is -3.41. The molecule has 0 saturated carbocycles. The van der Waals surface area contributed by atoms with Gasteiger partial charge < -0.3 is 25.3 Å². The first-order chi connectivity index (χ1) is 18.7. The van der Waals surface area contributed by atoms with Crippen LogP contribution in [-0.4, -0.2) is 76.5 Å². The zero-order chi connectivity index (χ0) is 27.7. The fourth-order valence-corrected chi connectivity index (χ4v) is 5.72. The number of hydroxylamine groups is 2. The number of hydrogen-bond acceptors (Lipinski definition) is 6. The van der Waals surface area contributed by atoms with Crippen LogP contribution in [0.4, 0.5) is 13.2 Å². The Bertz CT molecular complexity index is 1290. The summed E-state index contributed by atoms with van der Waals surface area (Å²) in [5.74, 6) is -5.44. The van der Waals surface area contributed by atoms with Gasteiger partial charge >= 0.3 is 5.97 Å². The van der Waals surface area contributed by atoms with Crippen LogP contribution in [0.5, 0.6) is 5.75 Å². The maximum absolute atomic E-state index is 13.7. The molecule has 3 N–H and O–H groups in total. The lowest BCUT2D eigenvalue weighted by molar-refractivity contribution is -0.157. The number of halogens is 3. The number of benzene rings is 2. The van der Waals surface area contributed by atoms with Gasteiger partial charge in [-0.15, -0.1) is 0 Å². The van der Waals surface area contributed by atoms with Gasteiger partial charge in [-0.05, 0) is 60.9 Å². The number of nitrogens with one attached hydrogen (secondary N) is 1. The summed E-state index contributed by atoms with van der Waals surface area (Å²) in [6.07, 6.45) is 2.73. The lowest BCUT2D eigenvalue weighted by atomic mass is 9.83. The van der Waals surface area contributed by atoms with Crippen molar-refractivity contribution in [2.24, 2.45) is 0 Å². The van der Waals surface area contributed by atoms with Crippen LogP contribution < -0.4 is 10.1 Å². The van der Waals surface area contributed by atoms with Gasteiger partial charge in [0.15, 0.2) is 17.4 Å². The number of aliphatic carboxylic acids is 1. The Balaban J connectivity index is 1.24. The first-order valence-corrected chi connectivity index (χ1v) is 13.0. The summed E-state index contributed by atoms with van der Waals surface area (Å²) in [4.78, 5) is 27.0. The number of carbonyl (C=O) groups is 2. The predicted octanol–water partition coefficient (Wildman–Crippen LogP) is 3.38. The Morgan fingerprint density at radius 1 is 1.05 bits per heavy atom. The number of ether oxygens (including phenoxy) is 1. The van der Waals surface area contributed by atoms with Crippen molar-refractivity contribution in [1.29, 1.82) is 0 Å². The summed E-state index contributed by atoms with van der Waals surface area (Å²) < 4.78 is 45.9. The van der Waals surface area contributed by atoms with Gasteiger partial charge in [0.05, 0.1) is 18.2 Å². The Kier molecular flexibility index (Phi) is 7.92. The molecule has 39 heavy (non-hydrogen) atoms. The van der Waals surface area contributed by atoms with Crippen LogP contribution in [-0.2, 0) is 16.0 Å². The maximum Gasteiger partial charge on any atom is 0.333 e. The van der Waals surface area contributed by atoms with Crippen molar-refractivity contribution in [3.63, 3.8) is 0 Å². The number of nitrogens with zero attached hydrogens (tertiary/aromatic N) is 2. The van der Waals surface area contributed by atoms with Crippen molar-refractivity contribution in [2.45, 2.75) is 50.2 Å². The third-order valence-corrected chi connectivity index (χ3v) is 7.62. The van der Waals surface area contributed by atoms with Crippen molar-refractivity contribution >= 4 is 17.4 Å². The fourth-order valence-electron chi connectivity index (χ4n) is 5.72. The number of carboxylic acids is 1. The molecule has 208 valence electrons. The molecule has 8 nitrogen and oxygen atoms in total. The molecular formula is C28H30F3N3O5. The summed E-state index contributed by atoms with van der Waals surface area (Å²) in [6.45, 7) is 1.09. The monoisotopic (exact) mass is 545 g/mol. The summed E-state index contributed by atoms with van der Waals surface area (Å²) in [5, 5.41) is 24.5. The van der Waals surface area contributed by atoms with Crippen LogP contribution in [0.15, 0.2) is 42.0 Å². The second-order valence-electron chi connectivity index (χ2n) is 10.2. The number of piperazine rings is 1. The molecule has 3 heterocycles. The van der Waals surface area contributed by atoms with E-state index >= 15 is 0 Å². The van der Waals surface area contributed by atoms with Gasteiger partial charge in [-0.2, -0.15) is 9.45 Å². The Morgan fingerprint density at radius 3 is 2.49 bits per heavy atom. The zero-order valence-electron chi connectivity index (χ0n) is 21.2. The number of fused-ring (bicyclic) bond motifs is 2. The molecule has 0 spiro atoms. The van der Waals surface area contributed by atoms with Crippen LogP contribution in [0.25, 0.3) is 5.57 Å². The van der Waals surface area contributed by atoms with E-state index in [0.717, 1.165) is 34.3 Å². The summed E-state index contributed by atoms with van der Waals surface area (Å²) in [5.41, 5.74) is 2.66. The minimum absolute atomic E-state index is 0.00743. The summed E-state index contributed by atoms with van der Waals surface area (Å²) >= 11 is 0. The quantitative estimate of drug-likeness (QED) is 0.345. The van der Waals surface area contributed by atoms with Crippen LogP contribution in [0, 0.1) is 17.5 Å². The second-order valence-corrected chi connectivity index (χ2v) is 10.2. The van der Waals surface area contributed by atoms with Gasteiger partial charge in [0, 0.05) is 25.7 Å². The minimum Gasteiger partial charge on any atom is -0.488 e. The van der Waals surface area contributed by atoms with E-state index in [1.807, 2.05) is 24.3 Å². The van der Waals surface area contributed by atoms with Gasteiger partial charge in [0.2, 0.25) is 11.7 Å². The highest BCUT2D eigenvalue weighted by molar-refractivity contribution is 5.99. The zero-order valence-corrected chi connectivity index (χ0v) is 21.2. The lowest BCUT2D eigenvalue weighted by Gasteiger charge is -2.44. The molecular weight excluding hydrogens is 515 g/mol. The molecule has 3 aliphatic heterocycles. The van der Waals surface area contributed by atoms with E-state index in [1.54, 1.807) is 4.90 Å². The molecule has 11 heteroatoms. The molecule has 2 aromatic carbocycles. The summed E-state index contributed by atoms with van der Waals surface area (Å²) in [6, 6.07) is 7.75. The van der Waals surface area contributed by atoms with E-state index in [9.17, 15) is 33.1 Å². The van der Waals surface area contributed by atoms with Crippen LogP contribution in [0.1, 0.15) is 36.8 Å². The first kappa shape index (κ1) is 27.2. The Morgan fingerprint density at radius 2 is 1.79 bits per heavy atom. The van der Waals surface area contributed by atoms with Crippen LogP contribution in [0.3, 0.4) is 0 Å². The third-order valence-electron chi connectivity index (χ3n) is 7.62. The first-order valence-electron chi connectivity index (χ1n) is 13.0.